The van der Waals surface area contributed by atoms with E-state index in [-0.39, 0.29) is 4.90 Å². The Morgan fingerprint density at radius 3 is 2.62 bits per heavy atom. The van der Waals surface area contributed by atoms with Crippen LogP contribution in [-0.4, -0.2) is 18.4 Å². The molecule has 0 aliphatic heterocycles. The topological polar surface area (TPSA) is 98.0 Å². The van der Waals surface area contributed by atoms with Gasteiger partial charge in [-0.3, -0.25) is 14.7 Å². The molecule has 0 fully saturated rings. The van der Waals surface area contributed by atoms with E-state index in [1.54, 1.807) is 36.5 Å². The third-order valence-electron chi connectivity index (χ3n) is 2.99. The molecule has 3 rings (SSSR count). The maximum absolute atomic E-state index is 12.3. The normalized spacial score (nSPS) is 11.4. The van der Waals surface area contributed by atoms with Crippen LogP contribution < -0.4 is 10.5 Å². The number of rotatable bonds is 3. The van der Waals surface area contributed by atoms with Crippen LogP contribution in [0.3, 0.4) is 0 Å². The van der Waals surface area contributed by atoms with Crippen LogP contribution in [0.15, 0.2) is 59.9 Å². The van der Waals surface area contributed by atoms with Gasteiger partial charge in [0.15, 0.2) is 0 Å². The second-order valence-corrected chi connectivity index (χ2v) is 6.08. The van der Waals surface area contributed by atoms with E-state index in [1.807, 2.05) is 0 Å². The van der Waals surface area contributed by atoms with Crippen molar-refractivity contribution < 1.29 is 8.42 Å². The first-order valence-electron chi connectivity index (χ1n) is 6.14. The molecule has 0 saturated carbocycles. The molecule has 0 aliphatic rings. The minimum absolute atomic E-state index is 0.0962. The molecule has 0 saturated heterocycles. The lowest BCUT2D eigenvalue weighted by Crippen LogP contribution is -2.13. The van der Waals surface area contributed by atoms with E-state index in [9.17, 15) is 8.42 Å². The predicted molar refractivity (Wildman–Crippen MR) is 81.2 cm³/mol. The molecule has 0 spiro atoms. The summed E-state index contributed by atoms with van der Waals surface area (Å²) in [4.78, 5) is 8.09. The summed E-state index contributed by atoms with van der Waals surface area (Å²) in [5.74, 6) is 0. The first kappa shape index (κ1) is 13.3. The number of hydrogen-bond acceptors (Lipinski definition) is 5. The zero-order valence-electron chi connectivity index (χ0n) is 10.9. The van der Waals surface area contributed by atoms with E-state index < -0.39 is 10.0 Å². The van der Waals surface area contributed by atoms with Gasteiger partial charge in [0.1, 0.15) is 4.90 Å². The van der Waals surface area contributed by atoms with Crippen molar-refractivity contribution in [2.75, 3.05) is 10.5 Å². The number of nitrogens with one attached hydrogen (secondary N) is 1. The highest BCUT2D eigenvalue weighted by Gasteiger charge is 2.16. The number of aromatic nitrogens is 2. The van der Waals surface area contributed by atoms with Gasteiger partial charge in [-0.2, -0.15) is 0 Å². The van der Waals surface area contributed by atoms with E-state index in [4.69, 9.17) is 5.73 Å². The molecule has 0 bridgehead atoms. The van der Waals surface area contributed by atoms with Gasteiger partial charge in [-0.25, -0.2) is 8.42 Å². The maximum atomic E-state index is 12.3. The number of pyridine rings is 2. The zero-order valence-corrected chi connectivity index (χ0v) is 11.7. The van der Waals surface area contributed by atoms with Crippen LogP contribution in [0.1, 0.15) is 0 Å². The Morgan fingerprint density at radius 1 is 1.05 bits per heavy atom. The molecule has 7 heteroatoms. The lowest BCUT2D eigenvalue weighted by Gasteiger charge is -2.11. The smallest absolute Gasteiger partial charge is 0.263 e. The number of nitrogens with two attached hydrogens (primary N) is 1. The fourth-order valence-electron chi connectivity index (χ4n) is 1.99. The molecule has 106 valence electrons. The summed E-state index contributed by atoms with van der Waals surface area (Å²) in [6.07, 6.45) is 4.42. The molecule has 1 aromatic carbocycles. The minimum Gasteiger partial charge on any atom is -0.397 e. The van der Waals surface area contributed by atoms with Crippen LogP contribution >= 0.6 is 0 Å². The van der Waals surface area contributed by atoms with Gasteiger partial charge < -0.3 is 5.73 Å². The van der Waals surface area contributed by atoms with Gasteiger partial charge in [0.2, 0.25) is 0 Å². The Kier molecular flexibility index (Phi) is 3.19. The minimum atomic E-state index is -3.70. The largest absolute Gasteiger partial charge is 0.397 e. The van der Waals surface area contributed by atoms with Gasteiger partial charge in [0.05, 0.1) is 16.9 Å². The number of hydrogen-bond donors (Lipinski definition) is 2. The summed E-state index contributed by atoms with van der Waals surface area (Å²) in [5.41, 5.74) is 7.33. The van der Waals surface area contributed by atoms with Crippen molar-refractivity contribution in [1.29, 1.82) is 0 Å². The molecule has 6 nitrogen and oxygen atoms in total. The standard InChI is InChI=1S/C14H12N4O2S/c15-12-5-6-13(11-4-2-8-17-14(11)12)18-21(19,20)10-3-1-7-16-9-10/h1-9,18H,15H2. The van der Waals surface area contributed by atoms with Crippen LogP contribution in [-0.2, 0) is 10.0 Å². The number of benzene rings is 1. The second kappa shape index (κ2) is 5.02. The van der Waals surface area contributed by atoms with Crippen LogP contribution in [0.4, 0.5) is 11.4 Å². The number of nitrogen functional groups attached to an aromatic ring is 1. The number of nitrogens with zero attached hydrogens (tertiary/aromatic N) is 2. The Balaban J connectivity index is 2.09. The molecule has 2 aromatic heterocycles. The molecule has 0 aliphatic carbocycles. The van der Waals surface area contributed by atoms with Crippen LogP contribution in [0, 0.1) is 0 Å². The average molecular weight is 300 g/mol. The van der Waals surface area contributed by atoms with E-state index in [0.717, 1.165) is 0 Å². The predicted octanol–water partition coefficient (Wildman–Crippen LogP) is 2.01. The number of fused-ring (bicyclic) bond motifs is 1. The molecule has 0 radical (unpaired) electrons. The van der Waals surface area contributed by atoms with Crippen molar-refractivity contribution >= 4 is 32.3 Å². The van der Waals surface area contributed by atoms with Gasteiger partial charge in [-0.05, 0) is 36.4 Å². The molecule has 2 heterocycles. The lowest BCUT2D eigenvalue weighted by atomic mass is 10.1. The summed E-state index contributed by atoms with van der Waals surface area (Å²) < 4.78 is 27.2. The molecule has 21 heavy (non-hydrogen) atoms. The summed E-state index contributed by atoms with van der Waals surface area (Å²) >= 11 is 0. The Labute approximate surface area is 121 Å². The highest BCUT2D eigenvalue weighted by Crippen LogP contribution is 2.28. The van der Waals surface area contributed by atoms with E-state index in [0.29, 0.717) is 22.3 Å². The van der Waals surface area contributed by atoms with Gasteiger partial charge in [-0.15, -0.1) is 0 Å². The monoisotopic (exact) mass is 300 g/mol. The fraction of sp³-hybridized carbons (Fsp3) is 0. The summed E-state index contributed by atoms with van der Waals surface area (Å²) in [5, 5.41) is 0.643. The molecule has 0 amide bonds. The summed E-state index contributed by atoms with van der Waals surface area (Å²) in [6.45, 7) is 0. The zero-order chi connectivity index (χ0) is 14.9. The van der Waals surface area contributed by atoms with Crippen molar-refractivity contribution in [3.63, 3.8) is 0 Å². The molecule has 0 atom stereocenters. The van der Waals surface area contributed by atoms with Gasteiger partial charge in [0, 0.05) is 24.0 Å². The van der Waals surface area contributed by atoms with Crippen molar-refractivity contribution in [3.05, 3.63) is 55.0 Å². The SMILES string of the molecule is Nc1ccc(NS(=O)(=O)c2cccnc2)c2cccnc12. The summed E-state index contributed by atoms with van der Waals surface area (Å²) in [7, 11) is -3.70. The third kappa shape index (κ3) is 2.50. The molecule has 3 N–H and O–H groups in total. The second-order valence-electron chi connectivity index (χ2n) is 4.40. The maximum Gasteiger partial charge on any atom is 0.263 e. The van der Waals surface area contributed by atoms with Crippen LogP contribution in [0.5, 0.6) is 0 Å². The van der Waals surface area contributed by atoms with Crippen molar-refractivity contribution in [2.24, 2.45) is 0 Å². The van der Waals surface area contributed by atoms with Crippen LogP contribution in [0.25, 0.3) is 10.9 Å². The number of anilines is 2. The van der Waals surface area contributed by atoms with E-state index in [1.165, 1.54) is 18.5 Å². The Morgan fingerprint density at radius 2 is 1.86 bits per heavy atom. The molecule has 0 unspecified atom stereocenters. The summed E-state index contributed by atoms with van der Waals surface area (Å²) in [6, 6.07) is 9.78. The van der Waals surface area contributed by atoms with Gasteiger partial charge in [-0.1, -0.05) is 0 Å². The average Bonchev–Trinajstić information content (AvgIpc) is 2.51. The number of sulfonamides is 1. The van der Waals surface area contributed by atoms with Gasteiger partial charge >= 0.3 is 0 Å². The quantitative estimate of drug-likeness (QED) is 0.721. The third-order valence-corrected chi connectivity index (χ3v) is 4.34. The first-order valence-corrected chi connectivity index (χ1v) is 7.62. The Hall–Kier alpha value is -2.67. The van der Waals surface area contributed by atoms with Crippen molar-refractivity contribution in [3.8, 4) is 0 Å². The highest BCUT2D eigenvalue weighted by molar-refractivity contribution is 7.92. The molecular weight excluding hydrogens is 288 g/mol. The molecule has 3 aromatic rings. The highest BCUT2D eigenvalue weighted by atomic mass is 32.2. The van der Waals surface area contributed by atoms with Crippen molar-refractivity contribution in [2.45, 2.75) is 4.90 Å². The van der Waals surface area contributed by atoms with Gasteiger partial charge in [0.25, 0.3) is 10.0 Å². The molecular formula is C14H12N4O2S. The Bertz CT molecular complexity index is 895. The fourth-order valence-corrected chi connectivity index (χ4v) is 3.04. The van der Waals surface area contributed by atoms with E-state index in [2.05, 4.69) is 14.7 Å². The van der Waals surface area contributed by atoms with E-state index >= 15 is 0 Å². The van der Waals surface area contributed by atoms with Crippen molar-refractivity contribution in [1.82, 2.24) is 9.97 Å². The van der Waals surface area contributed by atoms with Crippen LogP contribution in [0.2, 0.25) is 0 Å². The lowest BCUT2D eigenvalue weighted by molar-refractivity contribution is 0.601. The first-order chi connectivity index (χ1) is 10.1.